The summed E-state index contributed by atoms with van der Waals surface area (Å²) >= 11 is 1.79. The molecule has 158 valence electrons. The van der Waals surface area contributed by atoms with E-state index in [0.717, 1.165) is 19.0 Å². The Morgan fingerprint density at radius 2 is 2.00 bits per heavy atom. The van der Waals surface area contributed by atoms with E-state index >= 15 is 0 Å². The normalized spacial score (nSPS) is 16.9. The molecule has 6 heteroatoms. The van der Waals surface area contributed by atoms with Gasteiger partial charge in [0.2, 0.25) is 0 Å². The second-order valence-corrected chi connectivity index (χ2v) is 8.85. The van der Waals surface area contributed by atoms with Crippen LogP contribution in [-0.2, 0) is 0 Å². The molecular weight excluding hydrogens is 378 g/mol. The van der Waals surface area contributed by atoms with Gasteiger partial charge in [-0.3, -0.25) is 4.99 Å². The Labute approximate surface area is 179 Å². The molecule has 0 bridgehead atoms. The average molecular weight is 414 g/mol. The number of likely N-dealkylation sites (N-methyl/N-ethyl adjacent to an activating group) is 1. The molecule has 0 aliphatic carbocycles. The number of aliphatic imine (C=N–C) groups is 1. The van der Waals surface area contributed by atoms with Crippen molar-refractivity contribution in [2.75, 3.05) is 45.2 Å². The number of thiophene rings is 1. The Balaban J connectivity index is 1.69. The summed E-state index contributed by atoms with van der Waals surface area (Å²) in [6, 6.07) is 13.7. The van der Waals surface area contributed by atoms with E-state index in [2.05, 4.69) is 90.2 Å². The van der Waals surface area contributed by atoms with E-state index in [1.807, 2.05) is 0 Å². The number of hydrogen-bond donors (Lipinski definition) is 2. The number of benzene rings is 1. The fourth-order valence-corrected chi connectivity index (χ4v) is 4.65. The maximum absolute atomic E-state index is 4.91. The van der Waals surface area contributed by atoms with Gasteiger partial charge in [-0.2, -0.15) is 0 Å². The zero-order chi connectivity index (χ0) is 20.6. The molecule has 1 aromatic carbocycles. The molecule has 2 N–H and O–H groups in total. The van der Waals surface area contributed by atoms with Crippen LogP contribution in [0.15, 0.2) is 46.8 Å². The van der Waals surface area contributed by atoms with Crippen LogP contribution in [0.2, 0.25) is 0 Å². The summed E-state index contributed by atoms with van der Waals surface area (Å²) < 4.78 is 0. The summed E-state index contributed by atoms with van der Waals surface area (Å²) in [6.45, 7) is 8.23. The van der Waals surface area contributed by atoms with E-state index in [9.17, 15) is 0 Å². The second kappa shape index (κ2) is 10.6. The van der Waals surface area contributed by atoms with Crippen molar-refractivity contribution in [2.24, 2.45) is 4.99 Å². The molecule has 1 saturated heterocycles. The zero-order valence-electron chi connectivity index (χ0n) is 18.2. The van der Waals surface area contributed by atoms with Crippen molar-refractivity contribution >= 4 is 23.0 Å². The third-order valence-electron chi connectivity index (χ3n) is 5.46. The molecule has 1 aliphatic heterocycles. The lowest BCUT2D eigenvalue weighted by Gasteiger charge is -2.24. The first kappa shape index (κ1) is 21.7. The molecule has 1 aliphatic rings. The van der Waals surface area contributed by atoms with Gasteiger partial charge in [-0.05, 0) is 69.9 Å². The van der Waals surface area contributed by atoms with Gasteiger partial charge in [0.1, 0.15) is 0 Å². The lowest BCUT2D eigenvalue weighted by Crippen LogP contribution is -2.39. The first-order valence-corrected chi connectivity index (χ1v) is 11.6. The zero-order valence-corrected chi connectivity index (χ0v) is 19.0. The van der Waals surface area contributed by atoms with Crippen molar-refractivity contribution < 1.29 is 0 Å². The van der Waals surface area contributed by atoms with Gasteiger partial charge in [0.25, 0.3) is 0 Å². The fraction of sp³-hybridized carbons (Fsp3) is 0.522. The predicted octanol–water partition coefficient (Wildman–Crippen LogP) is 4.27. The third kappa shape index (κ3) is 5.97. The summed E-state index contributed by atoms with van der Waals surface area (Å²) in [4.78, 5) is 11.0. The largest absolute Gasteiger partial charge is 0.372 e. The monoisotopic (exact) mass is 413 g/mol. The summed E-state index contributed by atoms with van der Waals surface area (Å²) in [7, 11) is 4.24. The van der Waals surface area contributed by atoms with Gasteiger partial charge in [-0.25, -0.2) is 0 Å². The molecule has 5 nitrogen and oxygen atoms in total. The third-order valence-corrected chi connectivity index (χ3v) is 6.43. The van der Waals surface area contributed by atoms with Gasteiger partial charge in [0, 0.05) is 30.2 Å². The minimum atomic E-state index is 0.190. The lowest BCUT2D eigenvalue weighted by atomic mass is 10.1. The van der Waals surface area contributed by atoms with Gasteiger partial charge < -0.3 is 20.4 Å². The fourth-order valence-electron chi connectivity index (χ4n) is 3.74. The van der Waals surface area contributed by atoms with E-state index < -0.39 is 0 Å². The number of nitrogens with one attached hydrogen (secondary N) is 2. The number of nitrogens with zero attached hydrogens (tertiary/aromatic N) is 3. The highest BCUT2D eigenvalue weighted by Gasteiger charge is 2.17. The Kier molecular flexibility index (Phi) is 7.95. The minimum Gasteiger partial charge on any atom is -0.372 e. The maximum atomic E-state index is 4.91. The standard InChI is InChI=1S/C23H35N5S/c1-5-24-23(25-17-21(27(3)4)22-12-9-15-29-22)26-18(2)19-10-8-11-20(16-19)28-13-6-7-14-28/h8-12,15-16,18,21H,5-7,13-14,17H2,1-4H3,(H2,24,25,26). The Bertz CT molecular complexity index is 765. The van der Waals surface area contributed by atoms with Crippen LogP contribution in [0.25, 0.3) is 0 Å². The van der Waals surface area contributed by atoms with Crippen LogP contribution in [-0.4, -0.2) is 51.1 Å². The number of rotatable bonds is 8. The Morgan fingerprint density at radius 1 is 1.21 bits per heavy atom. The summed E-state index contributed by atoms with van der Waals surface area (Å²) in [5.74, 6) is 0.870. The molecule has 2 unspecified atom stereocenters. The van der Waals surface area contributed by atoms with Gasteiger partial charge in [-0.1, -0.05) is 18.2 Å². The molecular formula is C23H35N5S. The highest BCUT2D eigenvalue weighted by molar-refractivity contribution is 7.10. The van der Waals surface area contributed by atoms with Crippen molar-refractivity contribution in [2.45, 2.75) is 38.8 Å². The lowest BCUT2D eigenvalue weighted by molar-refractivity contribution is 0.310. The number of guanidine groups is 1. The minimum absolute atomic E-state index is 0.190. The molecule has 1 fully saturated rings. The molecule has 2 heterocycles. The molecule has 0 amide bonds. The van der Waals surface area contributed by atoms with Crippen molar-refractivity contribution in [3.05, 3.63) is 52.2 Å². The number of hydrogen-bond acceptors (Lipinski definition) is 4. The highest BCUT2D eigenvalue weighted by Crippen LogP contribution is 2.25. The van der Waals surface area contributed by atoms with Gasteiger partial charge in [0.05, 0.1) is 18.6 Å². The van der Waals surface area contributed by atoms with Crippen LogP contribution >= 0.6 is 11.3 Å². The second-order valence-electron chi connectivity index (χ2n) is 7.87. The van der Waals surface area contributed by atoms with E-state index in [-0.39, 0.29) is 6.04 Å². The first-order valence-electron chi connectivity index (χ1n) is 10.7. The van der Waals surface area contributed by atoms with Crippen LogP contribution in [0.4, 0.5) is 5.69 Å². The Morgan fingerprint density at radius 3 is 2.66 bits per heavy atom. The summed E-state index contributed by atoms with van der Waals surface area (Å²) in [5, 5.41) is 9.14. The van der Waals surface area contributed by atoms with Crippen molar-refractivity contribution in [3.63, 3.8) is 0 Å². The molecule has 2 aromatic rings. The molecule has 2 atom stereocenters. The molecule has 0 saturated carbocycles. The Hall–Kier alpha value is -2.05. The molecule has 3 rings (SSSR count). The van der Waals surface area contributed by atoms with Crippen LogP contribution in [0, 0.1) is 0 Å². The first-order chi connectivity index (χ1) is 14.1. The smallest absolute Gasteiger partial charge is 0.191 e. The van der Waals surface area contributed by atoms with Crippen LogP contribution in [0.1, 0.15) is 49.2 Å². The molecule has 0 spiro atoms. The quantitative estimate of drug-likeness (QED) is 0.501. The highest BCUT2D eigenvalue weighted by atomic mass is 32.1. The topological polar surface area (TPSA) is 42.9 Å². The molecule has 1 aromatic heterocycles. The van der Waals surface area contributed by atoms with E-state index in [0.29, 0.717) is 6.04 Å². The van der Waals surface area contributed by atoms with Crippen LogP contribution in [0.5, 0.6) is 0 Å². The predicted molar refractivity (Wildman–Crippen MR) is 126 cm³/mol. The number of anilines is 1. The van der Waals surface area contributed by atoms with Crippen molar-refractivity contribution in [3.8, 4) is 0 Å². The van der Waals surface area contributed by atoms with Gasteiger partial charge in [-0.15, -0.1) is 11.3 Å². The van der Waals surface area contributed by atoms with Gasteiger partial charge >= 0.3 is 0 Å². The van der Waals surface area contributed by atoms with Crippen LogP contribution < -0.4 is 15.5 Å². The van der Waals surface area contributed by atoms with Crippen molar-refractivity contribution in [1.29, 1.82) is 0 Å². The molecule has 0 radical (unpaired) electrons. The van der Waals surface area contributed by atoms with E-state index in [1.165, 1.54) is 42.1 Å². The summed E-state index contributed by atoms with van der Waals surface area (Å²) in [6.07, 6.45) is 2.60. The average Bonchev–Trinajstić information content (AvgIpc) is 3.42. The van der Waals surface area contributed by atoms with E-state index in [1.54, 1.807) is 11.3 Å². The molecule has 29 heavy (non-hydrogen) atoms. The SMILES string of the molecule is CCNC(=NCC(c1cccs1)N(C)C)NC(C)c1cccc(N2CCCC2)c1. The van der Waals surface area contributed by atoms with Crippen LogP contribution in [0.3, 0.4) is 0 Å². The van der Waals surface area contributed by atoms with Gasteiger partial charge in [0.15, 0.2) is 5.96 Å². The van der Waals surface area contributed by atoms with E-state index in [4.69, 9.17) is 4.99 Å². The maximum Gasteiger partial charge on any atom is 0.191 e. The van der Waals surface area contributed by atoms with Crippen molar-refractivity contribution in [1.82, 2.24) is 15.5 Å². The summed E-state index contributed by atoms with van der Waals surface area (Å²) in [5.41, 5.74) is 2.63.